The minimum Gasteiger partial charge on any atom is -0.390 e. The van der Waals surface area contributed by atoms with Crippen LogP contribution in [0.25, 0.3) is 0 Å². The third-order valence-electron chi connectivity index (χ3n) is 3.81. The molecule has 0 saturated heterocycles. The maximum atomic E-state index is 13.5. The molecule has 2 unspecified atom stereocenters. The summed E-state index contributed by atoms with van der Waals surface area (Å²) in [6.07, 6.45) is 0.0999. The summed E-state index contributed by atoms with van der Waals surface area (Å²) in [5.41, 5.74) is 2.93. The molecular weight excluding hydrogens is 291 g/mol. The number of hydrogen-bond acceptors (Lipinski definition) is 2. The number of halogens is 2. The van der Waals surface area contributed by atoms with Crippen LogP contribution in [0.4, 0.5) is 4.39 Å². The monoisotopic (exact) mass is 306 g/mol. The van der Waals surface area contributed by atoms with Gasteiger partial charge in [0.05, 0.1) is 17.7 Å². The summed E-state index contributed by atoms with van der Waals surface area (Å²) in [5.74, 6) is -0.466. The normalized spacial score (nSPS) is 19.1. The largest absolute Gasteiger partial charge is 0.390 e. The molecular formula is C17H16ClFO2. The Morgan fingerprint density at radius 2 is 2.10 bits per heavy atom. The van der Waals surface area contributed by atoms with Gasteiger partial charge in [-0.15, -0.1) is 0 Å². The Bertz CT molecular complexity index is 644. The van der Waals surface area contributed by atoms with Crippen LogP contribution in [0.3, 0.4) is 0 Å². The van der Waals surface area contributed by atoms with E-state index in [9.17, 15) is 9.50 Å². The third kappa shape index (κ3) is 3.10. The van der Waals surface area contributed by atoms with Crippen LogP contribution in [0.15, 0.2) is 42.5 Å². The zero-order valence-corrected chi connectivity index (χ0v) is 12.2. The van der Waals surface area contributed by atoms with Crippen molar-refractivity contribution in [2.45, 2.75) is 25.0 Å². The van der Waals surface area contributed by atoms with Crippen LogP contribution < -0.4 is 0 Å². The molecule has 0 aliphatic carbocycles. The Morgan fingerprint density at radius 3 is 2.90 bits per heavy atom. The van der Waals surface area contributed by atoms with E-state index in [1.54, 1.807) is 6.07 Å². The van der Waals surface area contributed by atoms with E-state index in [1.807, 2.05) is 18.2 Å². The number of aliphatic hydroxyl groups excluding tert-OH is 1. The molecule has 0 fully saturated rings. The molecule has 2 aromatic carbocycles. The lowest BCUT2D eigenvalue weighted by Crippen LogP contribution is -2.28. The molecule has 0 saturated carbocycles. The van der Waals surface area contributed by atoms with Gasteiger partial charge in [0.1, 0.15) is 11.9 Å². The van der Waals surface area contributed by atoms with E-state index in [2.05, 4.69) is 6.07 Å². The van der Waals surface area contributed by atoms with Crippen molar-refractivity contribution in [3.63, 3.8) is 0 Å². The molecule has 2 aromatic rings. The average Bonchev–Trinajstić information content (AvgIpc) is 2.50. The van der Waals surface area contributed by atoms with Gasteiger partial charge in [0.25, 0.3) is 0 Å². The predicted molar refractivity (Wildman–Crippen MR) is 80.0 cm³/mol. The lowest BCUT2D eigenvalue weighted by atomic mass is 9.92. The molecule has 0 amide bonds. The second kappa shape index (κ2) is 6.14. The fourth-order valence-corrected chi connectivity index (χ4v) is 2.88. The van der Waals surface area contributed by atoms with Gasteiger partial charge in [0.15, 0.2) is 0 Å². The molecule has 21 heavy (non-hydrogen) atoms. The van der Waals surface area contributed by atoms with Gasteiger partial charge in [0, 0.05) is 6.42 Å². The van der Waals surface area contributed by atoms with Crippen molar-refractivity contribution in [2.24, 2.45) is 0 Å². The first-order valence-electron chi connectivity index (χ1n) is 6.96. The summed E-state index contributed by atoms with van der Waals surface area (Å²) in [7, 11) is 0. The van der Waals surface area contributed by atoms with Gasteiger partial charge in [-0.05, 0) is 35.2 Å². The Balaban J connectivity index is 1.80. The van der Waals surface area contributed by atoms with Gasteiger partial charge in [-0.1, -0.05) is 41.9 Å². The van der Waals surface area contributed by atoms with Crippen LogP contribution in [0.2, 0.25) is 5.02 Å². The van der Waals surface area contributed by atoms with Crippen LogP contribution in [-0.2, 0) is 17.6 Å². The first-order valence-corrected chi connectivity index (χ1v) is 7.34. The fraction of sp³-hybridized carbons (Fsp3) is 0.294. The van der Waals surface area contributed by atoms with E-state index < -0.39 is 11.9 Å². The Kier molecular flexibility index (Phi) is 4.24. The number of ether oxygens (including phenoxy) is 1. The standard InChI is InChI=1S/C17H16ClFO2/c18-14-6-5-11(9-15(14)19)10-16(20)17-13-4-2-1-3-12(13)7-8-21-17/h1-6,9,16-17,20H,7-8,10H2. The third-order valence-corrected chi connectivity index (χ3v) is 4.12. The van der Waals surface area contributed by atoms with Crippen molar-refractivity contribution in [1.29, 1.82) is 0 Å². The quantitative estimate of drug-likeness (QED) is 0.937. The molecule has 0 radical (unpaired) electrons. The molecule has 2 atom stereocenters. The van der Waals surface area contributed by atoms with Gasteiger partial charge >= 0.3 is 0 Å². The minimum absolute atomic E-state index is 0.0903. The second-order valence-electron chi connectivity index (χ2n) is 5.26. The fourth-order valence-electron chi connectivity index (χ4n) is 2.76. The lowest BCUT2D eigenvalue weighted by molar-refractivity contribution is -0.0460. The Labute approximate surface area is 128 Å². The van der Waals surface area contributed by atoms with E-state index >= 15 is 0 Å². The van der Waals surface area contributed by atoms with Crippen molar-refractivity contribution in [3.05, 3.63) is 70.0 Å². The van der Waals surface area contributed by atoms with E-state index in [-0.39, 0.29) is 11.1 Å². The highest BCUT2D eigenvalue weighted by atomic mass is 35.5. The lowest BCUT2D eigenvalue weighted by Gasteiger charge is -2.29. The number of fused-ring (bicyclic) bond motifs is 1. The van der Waals surface area contributed by atoms with Crippen LogP contribution in [0.1, 0.15) is 22.8 Å². The molecule has 3 rings (SSSR count). The first kappa shape index (κ1) is 14.5. The van der Waals surface area contributed by atoms with Crippen molar-refractivity contribution in [1.82, 2.24) is 0 Å². The smallest absolute Gasteiger partial charge is 0.142 e. The van der Waals surface area contributed by atoms with Crippen LogP contribution in [0, 0.1) is 5.82 Å². The Hall–Kier alpha value is -1.42. The average molecular weight is 307 g/mol. The molecule has 1 heterocycles. The number of hydrogen-bond donors (Lipinski definition) is 1. The number of aliphatic hydroxyl groups is 1. The first-order chi connectivity index (χ1) is 10.1. The summed E-state index contributed by atoms with van der Waals surface area (Å²) < 4.78 is 19.2. The molecule has 1 aliphatic heterocycles. The summed E-state index contributed by atoms with van der Waals surface area (Å²) in [6.45, 7) is 0.591. The summed E-state index contributed by atoms with van der Waals surface area (Å²) in [4.78, 5) is 0. The number of rotatable bonds is 3. The van der Waals surface area contributed by atoms with Gasteiger partial charge in [-0.3, -0.25) is 0 Å². The summed E-state index contributed by atoms with van der Waals surface area (Å²) in [5, 5.41) is 10.5. The molecule has 110 valence electrons. The highest BCUT2D eigenvalue weighted by Crippen LogP contribution is 2.31. The van der Waals surface area contributed by atoms with Gasteiger partial charge < -0.3 is 9.84 Å². The molecule has 2 nitrogen and oxygen atoms in total. The molecule has 0 aromatic heterocycles. The zero-order chi connectivity index (χ0) is 14.8. The van der Waals surface area contributed by atoms with Crippen LogP contribution in [-0.4, -0.2) is 17.8 Å². The van der Waals surface area contributed by atoms with Crippen LogP contribution in [0.5, 0.6) is 0 Å². The van der Waals surface area contributed by atoms with Gasteiger partial charge in [-0.2, -0.15) is 0 Å². The maximum Gasteiger partial charge on any atom is 0.142 e. The van der Waals surface area contributed by atoms with Crippen LogP contribution >= 0.6 is 11.6 Å². The van der Waals surface area contributed by atoms with Crippen molar-refractivity contribution in [3.8, 4) is 0 Å². The highest BCUT2D eigenvalue weighted by molar-refractivity contribution is 6.30. The molecule has 0 bridgehead atoms. The zero-order valence-electron chi connectivity index (χ0n) is 11.4. The molecule has 1 N–H and O–H groups in total. The summed E-state index contributed by atoms with van der Waals surface area (Å²) in [6, 6.07) is 12.6. The molecule has 1 aliphatic rings. The van der Waals surface area contributed by atoms with Crippen molar-refractivity contribution in [2.75, 3.05) is 6.61 Å². The van der Waals surface area contributed by atoms with E-state index in [0.29, 0.717) is 18.6 Å². The predicted octanol–water partition coefficient (Wildman–Crippen LogP) is 3.70. The van der Waals surface area contributed by atoms with E-state index in [1.165, 1.54) is 17.7 Å². The number of benzene rings is 2. The molecule has 0 spiro atoms. The minimum atomic E-state index is -0.716. The summed E-state index contributed by atoms with van der Waals surface area (Å²) >= 11 is 5.67. The van der Waals surface area contributed by atoms with Crippen molar-refractivity contribution < 1.29 is 14.2 Å². The Morgan fingerprint density at radius 1 is 1.29 bits per heavy atom. The van der Waals surface area contributed by atoms with Crippen molar-refractivity contribution >= 4 is 11.6 Å². The second-order valence-corrected chi connectivity index (χ2v) is 5.67. The topological polar surface area (TPSA) is 29.5 Å². The SMILES string of the molecule is OC(Cc1ccc(Cl)c(F)c1)C1OCCc2ccccc21. The highest BCUT2D eigenvalue weighted by Gasteiger charge is 2.27. The van der Waals surface area contributed by atoms with E-state index in [4.69, 9.17) is 16.3 Å². The maximum absolute atomic E-state index is 13.5. The van der Waals surface area contributed by atoms with Gasteiger partial charge in [0.2, 0.25) is 0 Å². The van der Waals surface area contributed by atoms with Gasteiger partial charge in [-0.25, -0.2) is 4.39 Å². The molecule has 4 heteroatoms. The van der Waals surface area contributed by atoms with E-state index in [0.717, 1.165) is 12.0 Å².